The topological polar surface area (TPSA) is 52.5 Å². The van der Waals surface area contributed by atoms with Crippen LogP contribution in [0.5, 0.6) is 11.5 Å². The van der Waals surface area contributed by atoms with E-state index >= 15 is 0 Å². The van der Waals surface area contributed by atoms with E-state index in [0.29, 0.717) is 12.6 Å². The third kappa shape index (κ3) is 3.64. The molecule has 0 fully saturated rings. The summed E-state index contributed by atoms with van der Waals surface area (Å²) in [4.78, 5) is 0. The second-order valence-corrected chi connectivity index (χ2v) is 3.63. The predicted molar refractivity (Wildman–Crippen MR) is 60.9 cm³/mol. The Kier molecular flexibility index (Phi) is 4.18. The highest BCUT2D eigenvalue weighted by Gasteiger charge is 2.02. The van der Waals surface area contributed by atoms with Gasteiger partial charge in [-0.05, 0) is 31.0 Å². The molecule has 1 unspecified atom stereocenters. The highest BCUT2D eigenvalue weighted by atomic mass is 16.3. The number of rotatable bonds is 5. The van der Waals surface area contributed by atoms with E-state index in [1.165, 1.54) is 6.07 Å². The van der Waals surface area contributed by atoms with E-state index in [9.17, 15) is 5.11 Å². The molecule has 0 amide bonds. The first-order valence-corrected chi connectivity index (χ1v) is 4.98. The average Bonchev–Trinajstić information content (AvgIpc) is 2.20. The van der Waals surface area contributed by atoms with Crippen molar-refractivity contribution in [1.29, 1.82) is 0 Å². The average molecular weight is 207 g/mol. The van der Waals surface area contributed by atoms with E-state index in [-0.39, 0.29) is 11.5 Å². The minimum Gasteiger partial charge on any atom is -0.504 e. The fourth-order valence-corrected chi connectivity index (χ4v) is 1.30. The Balaban J connectivity index is 2.50. The van der Waals surface area contributed by atoms with Crippen LogP contribution in [0.15, 0.2) is 30.9 Å². The summed E-state index contributed by atoms with van der Waals surface area (Å²) in [7, 11) is 0. The number of phenols is 2. The molecule has 3 nitrogen and oxygen atoms in total. The molecule has 15 heavy (non-hydrogen) atoms. The lowest BCUT2D eigenvalue weighted by Gasteiger charge is -2.11. The van der Waals surface area contributed by atoms with Crippen molar-refractivity contribution in [3.05, 3.63) is 36.4 Å². The molecule has 1 aromatic rings. The summed E-state index contributed by atoms with van der Waals surface area (Å²) in [6.45, 7) is 6.41. The van der Waals surface area contributed by atoms with Gasteiger partial charge in [-0.25, -0.2) is 0 Å². The fraction of sp³-hybridized carbons (Fsp3) is 0.333. The Labute approximate surface area is 90.1 Å². The van der Waals surface area contributed by atoms with Crippen molar-refractivity contribution in [2.24, 2.45) is 0 Å². The molecule has 3 heteroatoms. The Morgan fingerprint density at radius 1 is 1.40 bits per heavy atom. The van der Waals surface area contributed by atoms with E-state index < -0.39 is 0 Å². The largest absolute Gasteiger partial charge is 0.504 e. The molecule has 82 valence electrons. The van der Waals surface area contributed by atoms with Crippen LogP contribution in [0.25, 0.3) is 0 Å². The van der Waals surface area contributed by atoms with E-state index in [1.54, 1.807) is 12.1 Å². The SMILES string of the molecule is C=CCC(C)NCc1ccc(O)c(O)c1. The molecule has 0 aliphatic carbocycles. The van der Waals surface area contributed by atoms with Crippen LogP contribution in [0, 0.1) is 0 Å². The molecule has 3 N–H and O–H groups in total. The molecule has 1 aromatic carbocycles. The van der Waals surface area contributed by atoms with Crippen molar-refractivity contribution in [2.45, 2.75) is 25.9 Å². The summed E-state index contributed by atoms with van der Waals surface area (Å²) in [5.41, 5.74) is 0.946. The number of aromatic hydroxyl groups is 2. The molecule has 0 aromatic heterocycles. The molecular formula is C12H17NO2. The summed E-state index contributed by atoms with van der Waals surface area (Å²) >= 11 is 0. The molecule has 0 aliphatic heterocycles. The molecule has 0 radical (unpaired) electrons. The molecular weight excluding hydrogens is 190 g/mol. The van der Waals surface area contributed by atoms with Crippen molar-refractivity contribution >= 4 is 0 Å². The highest BCUT2D eigenvalue weighted by molar-refractivity contribution is 5.40. The third-order valence-electron chi connectivity index (χ3n) is 2.21. The summed E-state index contributed by atoms with van der Waals surface area (Å²) in [6.07, 6.45) is 2.77. The molecule has 0 heterocycles. The van der Waals surface area contributed by atoms with Gasteiger partial charge in [-0.2, -0.15) is 0 Å². The van der Waals surface area contributed by atoms with Gasteiger partial charge in [-0.1, -0.05) is 12.1 Å². The highest BCUT2D eigenvalue weighted by Crippen LogP contribution is 2.24. The standard InChI is InChI=1S/C12H17NO2/c1-3-4-9(2)13-8-10-5-6-11(14)12(15)7-10/h3,5-7,9,13-15H,1,4,8H2,2H3. The second-order valence-electron chi connectivity index (χ2n) is 3.63. The molecule has 1 rings (SSSR count). The van der Waals surface area contributed by atoms with Crippen molar-refractivity contribution in [1.82, 2.24) is 5.32 Å². The van der Waals surface area contributed by atoms with Crippen LogP contribution in [0.1, 0.15) is 18.9 Å². The lowest BCUT2D eigenvalue weighted by atomic mass is 10.1. The third-order valence-corrected chi connectivity index (χ3v) is 2.21. The minimum atomic E-state index is -0.0853. The van der Waals surface area contributed by atoms with Gasteiger partial charge >= 0.3 is 0 Å². The zero-order valence-electron chi connectivity index (χ0n) is 8.90. The van der Waals surface area contributed by atoms with Crippen LogP contribution in [0.2, 0.25) is 0 Å². The maximum Gasteiger partial charge on any atom is 0.157 e. The van der Waals surface area contributed by atoms with Crippen molar-refractivity contribution in [3.63, 3.8) is 0 Å². The molecule has 0 saturated heterocycles. The molecule has 0 aliphatic rings. The number of hydrogen-bond acceptors (Lipinski definition) is 3. The maximum atomic E-state index is 9.27. The quantitative estimate of drug-likeness (QED) is 0.512. The molecule has 0 saturated carbocycles. The van der Waals surface area contributed by atoms with Gasteiger partial charge in [-0.15, -0.1) is 6.58 Å². The number of hydrogen-bond donors (Lipinski definition) is 3. The number of nitrogens with one attached hydrogen (secondary N) is 1. The smallest absolute Gasteiger partial charge is 0.157 e. The van der Waals surface area contributed by atoms with E-state index in [1.807, 2.05) is 6.08 Å². The zero-order valence-corrected chi connectivity index (χ0v) is 8.90. The van der Waals surface area contributed by atoms with Crippen LogP contribution in [-0.2, 0) is 6.54 Å². The van der Waals surface area contributed by atoms with Gasteiger partial charge in [0.2, 0.25) is 0 Å². The van der Waals surface area contributed by atoms with Gasteiger partial charge in [0, 0.05) is 12.6 Å². The molecule has 0 bridgehead atoms. The van der Waals surface area contributed by atoms with Gasteiger partial charge in [0.05, 0.1) is 0 Å². The first-order valence-electron chi connectivity index (χ1n) is 4.98. The van der Waals surface area contributed by atoms with E-state index in [2.05, 4.69) is 18.8 Å². The summed E-state index contributed by atoms with van der Waals surface area (Å²) in [5, 5.41) is 21.7. The van der Waals surface area contributed by atoms with E-state index in [0.717, 1.165) is 12.0 Å². The first kappa shape index (κ1) is 11.6. The van der Waals surface area contributed by atoms with Crippen molar-refractivity contribution in [2.75, 3.05) is 0 Å². The van der Waals surface area contributed by atoms with E-state index in [4.69, 9.17) is 5.11 Å². The van der Waals surface area contributed by atoms with Crippen LogP contribution in [-0.4, -0.2) is 16.3 Å². The number of phenolic OH excluding ortho intramolecular Hbond substituents is 2. The lowest BCUT2D eigenvalue weighted by Crippen LogP contribution is -2.24. The number of benzene rings is 1. The summed E-state index contributed by atoms with van der Waals surface area (Å²) in [5.74, 6) is -0.163. The zero-order chi connectivity index (χ0) is 11.3. The second kappa shape index (κ2) is 5.41. The van der Waals surface area contributed by atoms with Crippen molar-refractivity contribution in [3.8, 4) is 11.5 Å². The van der Waals surface area contributed by atoms with Crippen molar-refractivity contribution < 1.29 is 10.2 Å². The van der Waals surface area contributed by atoms with Gasteiger partial charge in [0.15, 0.2) is 11.5 Å². The Morgan fingerprint density at radius 3 is 2.73 bits per heavy atom. The van der Waals surface area contributed by atoms with Crippen LogP contribution in [0.3, 0.4) is 0 Å². The monoisotopic (exact) mass is 207 g/mol. The van der Waals surface area contributed by atoms with Crippen LogP contribution < -0.4 is 5.32 Å². The lowest BCUT2D eigenvalue weighted by molar-refractivity contribution is 0.402. The summed E-state index contributed by atoms with van der Waals surface area (Å²) < 4.78 is 0. The maximum absolute atomic E-state index is 9.27. The fourth-order valence-electron chi connectivity index (χ4n) is 1.30. The van der Waals surface area contributed by atoms with Gasteiger partial charge in [0.25, 0.3) is 0 Å². The van der Waals surface area contributed by atoms with Crippen LogP contribution in [0.4, 0.5) is 0 Å². The first-order chi connectivity index (χ1) is 7.13. The van der Waals surface area contributed by atoms with Gasteiger partial charge in [0.1, 0.15) is 0 Å². The Morgan fingerprint density at radius 2 is 2.13 bits per heavy atom. The normalized spacial score (nSPS) is 12.3. The van der Waals surface area contributed by atoms with Gasteiger partial charge < -0.3 is 15.5 Å². The van der Waals surface area contributed by atoms with Gasteiger partial charge in [-0.3, -0.25) is 0 Å². The van der Waals surface area contributed by atoms with Crippen LogP contribution >= 0.6 is 0 Å². The Hall–Kier alpha value is -1.48. The molecule has 1 atom stereocenters. The minimum absolute atomic E-state index is 0.0781. The predicted octanol–water partition coefficient (Wildman–Crippen LogP) is 2.15. The molecule has 0 spiro atoms. The summed E-state index contributed by atoms with van der Waals surface area (Å²) in [6, 6.07) is 5.19. The Bertz CT molecular complexity index is 336.